The summed E-state index contributed by atoms with van der Waals surface area (Å²) in [5.41, 5.74) is -0.0806. The largest absolute Gasteiger partial charge is 0.444 e. The fourth-order valence-electron chi connectivity index (χ4n) is 2.44. The van der Waals surface area contributed by atoms with E-state index in [0.717, 1.165) is 0 Å². The Bertz CT molecular complexity index is 683. The highest BCUT2D eigenvalue weighted by molar-refractivity contribution is 7.88. The zero-order valence-corrected chi connectivity index (χ0v) is 14.9. The molecule has 1 amide bonds. The number of hydrogen-bond donors (Lipinski definition) is 1. The molecule has 1 heterocycles. The highest BCUT2D eigenvalue weighted by Crippen LogP contribution is 2.16. The standard InChI is InChI=1S/C16H23FN2O4S/c1-16(2,3)23-15(20)19-9-8-14(10-19)18-24(21,22)11-12-4-6-13(17)7-5-12/h4-7,14,18H,8-11H2,1-3H3/t14-/m0/s1. The molecule has 8 heteroatoms. The number of nitrogens with zero attached hydrogens (tertiary/aromatic N) is 1. The molecule has 1 aromatic carbocycles. The third-order valence-electron chi connectivity index (χ3n) is 3.46. The lowest BCUT2D eigenvalue weighted by molar-refractivity contribution is 0.0292. The average Bonchev–Trinajstić information content (AvgIpc) is 2.87. The van der Waals surface area contributed by atoms with Crippen molar-refractivity contribution < 1.29 is 22.3 Å². The molecule has 1 N–H and O–H groups in total. The average molecular weight is 358 g/mol. The molecule has 1 fully saturated rings. The number of carbonyl (C=O) groups excluding carboxylic acids is 1. The zero-order chi connectivity index (χ0) is 18.0. The molecular formula is C16H23FN2O4S. The van der Waals surface area contributed by atoms with E-state index in [1.54, 1.807) is 20.8 Å². The van der Waals surface area contributed by atoms with Gasteiger partial charge in [-0.2, -0.15) is 0 Å². The van der Waals surface area contributed by atoms with Gasteiger partial charge in [0, 0.05) is 19.1 Å². The summed E-state index contributed by atoms with van der Waals surface area (Å²) in [5.74, 6) is -0.635. The molecule has 1 aromatic rings. The van der Waals surface area contributed by atoms with E-state index in [9.17, 15) is 17.6 Å². The number of benzene rings is 1. The number of nitrogens with one attached hydrogen (secondary N) is 1. The number of halogens is 1. The summed E-state index contributed by atoms with van der Waals surface area (Å²) >= 11 is 0. The Morgan fingerprint density at radius 3 is 2.54 bits per heavy atom. The molecule has 0 aromatic heterocycles. The van der Waals surface area contributed by atoms with E-state index in [-0.39, 0.29) is 18.3 Å². The Kier molecular flexibility index (Phi) is 5.49. The second-order valence-corrected chi connectivity index (χ2v) is 8.67. The quantitative estimate of drug-likeness (QED) is 0.896. The minimum Gasteiger partial charge on any atom is -0.444 e. The number of ether oxygens (including phenoxy) is 1. The van der Waals surface area contributed by atoms with Crippen molar-refractivity contribution in [2.75, 3.05) is 13.1 Å². The molecule has 0 aliphatic carbocycles. The molecular weight excluding hydrogens is 335 g/mol. The van der Waals surface area contributed by atoms with Crippen molar-refractivity contribution in [2.24, 2.45) is 0 Å². The summed E-state index contributed by atoms with van der Waals surface area (Å²) in [6.45, 7) is 6.06. The Balaban J connectivity index is 1.89. The number of amides is 1. The van der Waals surface area contributed by atoms with Crippen LogP contribution in [-0.4, -0.2) is 44.1 Å². The van der Waals surface area contributed by atoms with Crippen molar-refractivity contribution in [2.45, 2.75) is 44.6 Å². The molecule has 6 nitrogen and oxygen atoms in total. The van der Waals surface area contributed by atoms with Gasteiger partial charge in [0.15, 0.2) is 0 Å². The van der Waals surface area contributed by atoms with Gasteiger partial charge in [-0.3, -0.25) is 0 Å². The number of hydrogen-bond acceptors (Lipinski definition) is 4. The summed E-state index contributed by atoms with van der Waals surface area (Å²) in [5, 5.41) is 0. The smallest absolute Gasteiger partial charge is 0.410 e. The highest BCUT2D eigenvalue weighted by Gasteiger charge is 2.31. The summed E-state index contributed by atoms with van der Waals surface area (Å²) < 4.78 is 45.2. The summed E-state index contributed by atoms with van der Waals surface area (Å²) in [6.07, 6.45) is 0.0877. The van der Waals surface area contributed by atoms with Gasteiger partial charge in [-0.15, -0.1) is 0 Å². The predicted octanol–water partition coefficient (Wildman–Crippen LogP) is 2.25. The van der Waals surface area contributed by atoms with Crippen molar-refractivity contribution in [3.8, 4) is 0 Å². The van der Waals surface area contributed by atoms with Crippen molar-refractivity contribution >= 4 is 16.1 Å². The number of likely N-dealkylation sites (tertiary alicyclic amines) is 1. The molecule has 1 atom stereocenters. The van der Waals surface area contributed by atoms with Crippen LogP contribution in [0.4, 0.5) is 9.18 Å². The van der Waals surface area contributed by atoms with Crippen molar-refractivity contribution in [3.05, 3.63) is 35.6 Å². The number of rotatable bonds is 4. The minimum absolute atomic E-state index is 0.226. The predicted molar refractivity (Wildman–Crippen MR) is 88.4 cm³/mol. The fourth-order valence-corrected chi connectivity index (χ4v) is 3.86. The van der Waals surface area contributed by atoms with Crippen LogP contribution in [0.1, 0.15) is 32.8 Å². The molecule has 1 saturated heterocycles. The molecule has 134 valence electrons. The maximum Gasteiger partial charge on any atom is 0.410 e. The second kappa shape index (κ2) is 7.06. The maximum atomic E-state index is 12.9. The van der Waals surface area contributed by atoms with Crippen LogP contribution in [0, 0.1) is 5.82 Å². The van der Waals surface area contributed by atoms with Gasteiger partial charge in [0.1, 0.15) is 11.4 Å². The van der Waals surface area contributed by atoms with Gasteiger partial charge in [-0.25, -0.2) is 22.3 Å². The monoisotopic (exact) mass is 358 g/mol. The Morgan fingerprint density at radius 1 is 1.33 bits per heavy atom. The van der Waals surface area contributed by atoms with Crippen LogP contribution in [0.2, 0.25) is 0 Å². The first-order valence-electron chi connectivity index (χ1n) is 7.76. The van der Waals surface area contributed by atoms with Gasteiger partial charge in [0.25, 0.3) is 0 Å². The van der Waals surface area contributed by atoms with Crippen LogP contribution in [0.3, 0.4) is 0 Å². The van der Waals surface area contributed by atoms with E-state index in [1.807, 2.05) is 0 Å². The first kappa shape index (κ1) is 18.7. The fraction of sp³-hybridized carbons (Fsp3) is 0.562. The molecule has 24 heavy (non-hydrogen) atoms. The lowest BCUT2D eigenvalue weighted by Gasteiger charge is -2.24. The molecule has 0 unspecified atom stereocenters. The Labute approximate surface area is 142 Å². The van der Waals surface area contributed by atoms with E-state index in [4.69, 9.17) is 4.74 Å². The van der Waals surface area contributed by atoms with Crippen LogP contribution in [0.15, 0.2) is 24.3 Å². The SMILES string of the molecule is CC(C)(C)OC(=O)N1CC[C@H](NS(=O)(=O)Cc2ccc(F)cc2)C1. The molecule has 1 aliphatic rings. The van der Waals surface area contributed by atoms with Gasteiger partial charge in [0.2, 0.25) is 10.0 Å². The van der Waals surface area contributed by atoms with E-state index < -0.39 is 27.5 Å². The molecule has 0 saturated carbocycles. The molecule has 0 bridgehead atoms. The van der Waals surface area contributed by atoms with Crippen molar-refractivity contribution in [3.63, 3.8) is 0 Å². The lowest BCUT2D eigenvalue weighted by atomic mass is 10.2. The van der Waals surface area contributed by atoms with Crippen LogP contribution in [0.25, 0.3) is 0 Å². The van der Waals surface area contributed by atoms with Gasteiger partial charge in [-0.1, -0.05) is 12.1 Å². The third kappa shape index (κ3) is 5.76. The second-order valence-electron chi connectivity index (χ2n) is 6.92. The lowest BCUT2D eigenvalue weighted by Crippen LogP contribution is -2.40. The van der Waals surface area contributed by atoms with Gasteiger partial charge < -0.3 is 9.64 Å². The van der Waals surface area contributed by atoms with Crippen LogP contribution < -0.4 is 4.72 Å². The first-order chi connectivity index (χ1) is 11.0. The summed E-state index contributed by atoms with van der Waals surface area (Å²) in [7, 11) is -3.57. The third-order valence-corrected chi connectivity index (χ3v) is 4.86. The Hall–Kier alpha value is -1.67. The molecule has 1 aliphatic heterocycles. The van der Waals surface area contributed by atoms with Crippen LogP contribution >= 0.6 is 0 Å². The molecule has 0 radical (unpaired) electrons. The Morgan fingerprint density at radius 2 is 1.96 bits per heavy atom. The van der Waals surface area contributed by atoms with Gasteiger partial charge >= 0.3 is 6.09 Å². The highest BCUT2D eigenvalue weighted by atomic mass is 32.2. The molecule has 2 rings (SSSR count). The first-order valence-corrected chi connectivity index (χ1v) is 9.42. The van der Waals surface area contributed by atoms with E-state index >= 15 is 0 Å². The number of sulfonamides is 1. The zero-order valence-electron chi connectivity index (χ0n) is 14.1. The summed E-state index contributed by atoms with van der Waals surface area (Å²) in [6, 6.07) is 4.99. The van der Waals surface area contributed by atoms with Crippen LogP contribution in [-0.2, 0) is 20.5 Å². The van der Waals surface area contributed by atoms with Gasteiger partial charge in [-0.05, 0) is 44.9 Å². The number of carbonyl (C=O) groups is 1. The van der Waals surface area contributed by atoms with Crippen LogP contribution in [0.5, 0.6) is 0 Å². The van der Waals surface area contributed by atoms with E-state index in [2.05, 4.69) is 4.72 Å². The minimum atomic E-state index is -3.57. The maximum absolute atomic E-state index is 12.9. The van der Waals surface area contributed by atoms with E-state index in [1.165, 1.54) is 29.2 Å². The van der Waals surface area contributed by atoms with Gasteiger partial charge in [0.05, 0.1) is 5.75 Å². The topological polar surface area (TPSA) is 75.7 Å². The molecule has 0 spiro atoms. The van der Waals surface area contributed by atoms with E-state index in [0.29, 0.717) is 18.5 Å². The van der Waals surface area contributed by atoms with Crippen molar-refractivity contribution in [1.82, 2.24) is 9.62 Å². The normalized spacial score (nSPS) is 18.7. The van der Waals surface area contributed by atoms with Crippen molar-refractivity contribution in [1.29, 1.82) is 0 Å². The summed E-state index contributed by atoms with van der Waals surface area (Å²) in [4.78, 5) is 13.5.